The number of aromatic nitrogens is 2. The molecule has 0 amide bonds. The zero-order chi connectivity index (χ0) is 12.4. The van der Waals surface area contributed by atoms with E-state index in [4.69, 9.17) is 10.5 Å². The largest absolute Gasteiger partial charge is 0.437 e. The maximum Gasteiger partial charge on any atom is 0.238 e. The summed E-state index contributed by atoms with van der Waals surface area (Å²) in [6.45, 7) is 3.99. The van der Waals surface area contributed by atoms with Crippen molar-refractivity contribution < 1.29 is 4.74 Å². The predicted molar refractivity (Wildman–Crippen MR) is 70.1 cm³/mol. The van der Waals surface area contributed by atoms with E-state index in [1.165, 1.54) is 6.33 Å². The van der Waals surface area contributed by atoms with Crippen LogP contribution >= 0.6 is 15.9 Å². The van der Waals surface area contributed by atoms with E-state index in [9.17, 15) is 0 Å². The monoisotopic (exact) mass is 293 g/mol. The van der Waals surface area contributed by atoms with Gasteiger partial charge in [-0.25, -0.2) is 9.97 Å². The average molecular weight is 294 g/mol. The SMILES string of the molecule is Cc1ccc(C)c(Oc2ncnc(N)c2Br)c1. The summed E-state index contributed by atoms with van der Waals surface area (Å²) in [6, 6.07) is 5.99. The van der Waals surface area contributed by atoms with Crippen molar-refractivity contribution in [3.05, 3.63) is 40.1 Å². The normalized spacial score (nSPS) is 10.3. The molecular weight excluding hydrogens is 282 g/mol. The minimum absolute atomic E-state index is 0.361. The van der Waals surface area contributed by atoms with Gasteiger partial charge < -0.3 is 10.5 Å². The number of benzene rings is 1. The average Bonchev–Trinajstić information content (AvgIpc) is 2.30. The Hall–Kier alpha value is -1.62. The molecule has 0 aliphatic heterocycles. The number of anilines is 1. The van der Waals surface area contributed by atoms with E-state index in [-0.39, 0.29) is 0 Å². The summed E-state index contributed by atoms with van der Waals surface area (Å²) in [4.78, 5) is 7.91. The van der Waals surface area contributed by atoms with Crippen LogP contribution in [0.1, 0.15) is 11.1 Å². The topological polar surface area (TPSA) is 61.0 Å². The molecule has 1 aromatic carbocycles. The molecule has 4 nitrogen and oxygen atoms in total. The van der Waals surface area contributed by atoms with E-state index in [0.717, 1.165) is 16.9 Å². The van der Waals surface area contributed by atoms with Gasteiger partial charge in [-0.2, -0.15) is 0 Å². The van der Waals surface area contributed by atoms with Crippen LogP contribution in [0.15, 0.2) is 29.0 Å². The predicted octanol–water partition coefficient (Wildman–Crippen LogP) is 3.23. The number of nitrogens with zero attached hydrogens (tertiary/aromatic N) is 2. The van der Waals surface area contributed by atoms with Crippen molar-refractivity contribution in [3.63, 3.8) is 0 Å². The van der Waals surface area contributed by atoms with Gasteiger partial charge in [0.2, 0.25) is 5.88 Å². The Morgan fingerprint density at radius 2 is 2.00 bits per heavy atom. The van der Waals surface area contributed by atoms with Gasteiger partial charge in [0.05, 0.1) is 0 Å². The first-order valence-corrected chi connectivity index (χ1v) is 5.88. The molecule has 2 rings (SSSR count). The van der Waals surface area contributed by atoms with Gasteiger partial charge in [0.25, 0.3) is 0 Å². The van der Waals surface area contributed by atoms with Crippen LogP contribution in [-0.2, 0) is 0 Å². The summed E-state index contributed by atoms with van der Waals surface area (Å²) in [7, 11) is 0. The fraction of sp³-hybridized carbons (Fsp3) is 0.167. The van der Waals surface area contributed by atoms with E-state index >= 15 is 0 Å². The molecule has 0 bridgehead atoms. The minimum Gasteiger partial charge on any atom is -0.437 e. The summed E-state index contributed by atoms with van der Waals surface area (Å²) in [5, 5.41) is 0. The van der Waals surface area contributed by atoms with E-state index in [2.05, 4.69) is 25.9 Å². The first kappa shape index (κ1) is 11.9. The number of halogens is 1. The maximum absolute atomic E-state index is 5.72. The maximum atomic E-state index is 5.72. The number of aryl methyl sites for hydroxylation is 2. The highest BCUT2D eigenvalue weighted by Gasteiger charge is 2.09. The third-order valence-corrected chi connectivity index (χ3v) is 3.08. The molecule has 0 aliphatic carbocycles. The summed E-state index contributed by atoms with van der Waals surface area (Å²) >= 11 is 3.31. The van der Waals surface area contributed by atoms with Crippen molar-refractivity contribution in [2.24, 2.45) is 0 Å². The number of nitrogens with two attached hydrogens (primary N) is 1. The van der Waals surface area contributed by atoms with Crippen LogP contribution in [0.25, 0.3) is 0 Å². The van der Waals surface area contributed by atoms with Gasteiger partial charge in [0.15, 0.2) is 0 Å². The molecule has 0 fully saturated rings. The molecule has 2 aromatic rings. The van der Waals surface area contributed by atoms with Gasteiger partial charge in [-0.1, -0.05) is 12.1 Å². The van der Waals surface area contributed by atoms with Gasteiger partial charge in [0, 0.05) is 0 Å². The van der Waals surface area contributed by atoms with E-state index in [1.807, 2.05) is 32.0 Å². The lowest BCUT2D eigenvalue weighted by Crippen LogP contribution is -1.97. The highest BCUT2D eigenvalue weighted by molar-refractivity contribution is 9.10. The molecule has 0 radical (unpaired) electrons. The third-order valence-electron chi connectivity index (χ3n) is 2.33. The summed E-state index contributed by atoms with van der Waals surface area (Å²) in [6.07, 6.45) is 1.38. The molecule has 1 heterocycles. The highest BCUT2D eigenvalue weighted by atomic mass is 79.9. The van der Waals surface area contributed by atoms with Gasteiger partial charge >= 0.3 is 0 Å². The minimum atomic E-state index is 0.361. The van der Waals surface area contributed by atoms with Gasteiger partial charge in [0.1, 0.15) is 22.4 Å². The zero-order valence-electron chi connectivity index (χ0n) is 9.57. The molecule has 0 atom stereocenters. The van der Waals surface area contributed by atoms with E-state index < -0.39 is 0 Å². The van der Waals surface area contributed by atoms with Crippen molar-refractivity contribution in [2.45, 2.75) is 13.8 Å². The first-order chi connectivity index (χ1) is 8.08. The van der Waals surface area contributed by atoms with Gasteiger partial charge in [-0.3, -0.25) is 0 Å². The Balaban J connectivity index is 2.38. The molecule has 2 N–H and O–H groups in total. The lowest BCUT2D eigenvalue weighted by molar-refractivity contribution is 0.455. The van der Waals surface area contributed by atoms with Crippen molar-refractivity contribution in [2.75, 3.05) is 5.73 Å². The number of nitrogen functional groups attached to an aromatic ring is 1. The second kappa shape index (κ2) is 4.71. The molecule has 0 spiro atoms. The van der Waals surface area contributed by atoms with Crippen LogP contribution in [-0.4, -0.2) is 9.97 Å². The Bertz CT molecular complexity index is 557. The van der Waals surface area contributed by atoms with Crippen LogP contribution in [0, 0.1) is 13.8 Å². The standard InChI is InChI=1S/C12H12BrN3O/c1-7-3-4-8(2)9(5-7)17-12-10(13)11(14)15-6-16-12/h3-6H,1-2H3,(H2,14,15,16). The van der Waals surface area contributed by atoms with Crippen molar-refractivity contribution in [1.29, 1.82) is 0 Å². The number of ether oxygens (including phenoxy) is 1. The third kappa shape index (κ3) is 2.55. The van der Waals surface area contributed by atoms with Crippen LogP contribution in [0.4, 0.5) is 5.82 Å². The van der Waals surface area contributed by atoms with Crippen LogP contribution in [0.3, 0.4) is 0 Å². The lowest BCUT2D eigenvalue weighted by Gasteiger charge is -2.10. The summed E-state index contributed by atoms with van der Waals surface area (Å²) in [5.74, 6) is 1.55. The molecule has 0 saturated heterocycles. The molecule has 1 aromatic heterocycles. The number of hydrogen-bond donors (Lipinski definition) is 1. The van der Waals surface area contributed by atoms with Crippen LogP contribution in [0.2, 0.25) is 0 Å². The van der Waals surface area contributed by atoms with Crippen molar-refractivity contribution >= 4 is 21.7 Å². The van der Waals surface area contributed by atoms with E-state index in [0.29, 0.717) is 16.2 Å². The zero-order valence-corrected chi connectivity index (χ0v) is 11.2. The molecule has 5 heteroatoms. The summed E-state index contributed by atoms with van der Waals surface area (Å²) in [5.41, 5.74) is 7.83. The molecular formula is C12H12BrN3O. The van der Waals surface area contributed by atoms with Gasteiger partial charge in [-0.05, 0) is 47.0 Å². The Labute approximate surface area is 108 Å². The summed E-state index contributed by atoms with van der Waals surface area (Å²) < 4.78 is 6.29. The second-order valence-electron chi connectivity index (χ2n) is 3.75. The lowest BCUT2D eigenvalue weighted by atomic mass is 10.1. The van der Waals surface area contributed by atoms with Crippen molar-refractivity contribution in [1.82, 2.24) is 9.97 Å². The Kier molecular flexibility index (Phi) is 3.28. The quantitative estimate of drug-likeness (QED) is 0.923. The van der Waals surface area contributed by atoms with Crippen LogP contribution < -0.4 is 10.5 Å². The second-order valence-corrected chi connectivity index (χ2v) is 4.54. The Morgan fingerprint density at radius 1 is 1.24 bits per heavy atom. The molecule has 0 unspecified atom stereocenters. The Morgan fingerprint density at radius 3 is 2.76 bits per heavy atom. The fourth-order valence-electron chi connectivity index (χ4n) is 1.36. The molecule has 0 saturated carbocycles. The molecule has 17 heavy (non-hydrogen) atoms. The molecule has 0 aliphatic rings. The first-order valence-electron chi connectivity index (χ1n) is 5.09. The van der Waals surface area contributed by atoms with Crippen LogP contribution in [0.5, 0.6) is 11.6 Å². The smallest absolute Gasteiger partial charge is 0.238 e. The number of hydrogen-bond acceptors (Lipinski definition) is 4. The highest BCUT2D eigenvalue weighted by Crippen LogP contribution is 2.32. The van der Waals surface area contributed by atoms with E-state index in [1.54, 1.807) is 0 Å². The van der Waals surface area contributed by atoms with Crippen molar-refractivity contribution in [3.8, 4) is 11.6 Å². The van der Waals surface area contributed by atoms with Gasteiger partial charge in [-0.15, -0.1) is 0 Å². The molecule has 88 valence electrons. The number of rotatable bonds is 2. The fourth-order valence-corrected chi connectivity index (χ4v) is 1.64.